The number of hydrogen-bond donors (Lipinski definition) is 2. The maximum atomic E-state index is 12.0. The fourth-order valence-electron chi connectivity index (χ4n) is 2.18. The van der Waals surface area contributed by atoms with Crippen LogP contribution in [0.15, 0.2) is 48.5 Å². The molecule has 2 aromatic carbocycles. The molecule has 0 fully saturated rings. The lowest BCUT2D eigenvalue weighted by molar-refractivity contribution is 0.0527. The number of carbonyl (C=O) groups excluding carboxylic acids is 2. The highest BCUT2D eigenvalue weighted by atomic mass is 16.5. The molecule has 0 saturated heterocycles. The Hall–Kier alpha value is -3.02. The fourth-order valence-corrected chi connectivity index (χ4v) is 2.18. The van der Waals surface area contributed by atoms with Gasteiger partial charge >= 0.3 is 12.0 Å². The van der Waals surface area contributed by atoms with Gasteiger partial charge in [0.15, 0.2) is 0 Å². The van der Waals surface area contributed by atoms with E-state index >= 15 is 0 Å². The van der Waals surface area contributed by atoms with Gasteiger partial charge in [0.25, 0.3) is 0 Å². The van der Waals surface area contributed by atoms with Crippen molar-refractivity contribution in [3.8, 4) is 5.75 Å². The number of anilines is 1. The number of nitrogens with one attached hydrogen (secondary N) is 2. The Balaban J connectivity index is 1.81. The van der Waals surface area contributed by atoms with Crippen LogP contribution in [0.1, 0.15) is 22.8 Å². The van der Waals surface area contributed by atoms with E-state index in [0.29, 0.717) is 24.4 Å². The van der Waals surface area contributed by atoms with Crippen LogP contribution in [0.4, 0.5) is 10.5 Å². The van der Waals surface area contributed by atoms with Crippen molar-refractivity contribution in [2.24, 2.45) is 0 Å². The largest absolute Gasteiger partial charge is 0.492 e. The average Bonchev–Trinajstić information content (AvgIpc) is 2.59. The van der Waals surface area contributed by atoms with Crippen LogP contribution < -0.4 is 15.4 Å². The molecule has 0 aliphatic carbocycles. The summed E-state index contributed by atoms with van der Waals surface area (Å²) in [6.45, 7) is 4.67. The molecule has 6 nitrogen and oxygen atoms in total. The van der Waals surface area contributed by atoms with E-state index in [1.807, 2.05) is 31.2 Å². The molecule has 2 rings (SSSR count). The van der Waals surface area contributed by atoms with Gasteiger partial charge in [-0.2, -0.15) is 0 Å². The Labute approximate surface area is 147 Å². The van der Waals surface area contributed by atoms with E-state index in [1.54, 1.807) is 31.2 Å². The zero-order chi connectivity index (χ0) is 18.1. The van der Waals surface area contributed by atoms with Gasteiger partial charge in [0, 0.05) is 0 Å². The van der Waals surface area contributed by atoms with Crippen molar-refractivity contribution >= 4 is 17.7 Å². The molecule has 0 spiro atoms. The summed E-state index contributed by atoms with van der Waals surface area (Å²) in [5.41, 5.74) is 1.83. The van der Waals surface area contributed by atoms with E-state index in [9.17, 15) is 9.59 Å². The minimum Gasteiger partial charge on any atom is -0.492 e. The van der Waals surface area contributed by atoms with Gasteiger partial charge in [-0.1, -0.05) is 24.3 Å². The van der Waals surface area contributed by atoms with E-state index in [1.165, 1.54) is 0 Å². The lowest BCUT2D eigenvalue weighted by Gasteiger charge is -2.12. The second-order valence-electron chi connectivity index (χ2n) is 5.31. The molecule has 0 heterocycles. The molecule has 0 aliphatic rings. The van der Waals surface area contributed by atoms with Gasteiger partial charge in [-0.3, -0.25) is 0 Å². The smallest absolute Gasteiger partial charge is 0.340 e. The van der Waals surface area contributed by atoms with Crippen molar-refractivity contribution in [1.29, 1.82) is 0 Å². The van der Waals surface area contributed by atoms with Crippen molar-refractivity contribution in [2.75, 3.05) is 25.1 Å². The second-order valence-corrected chi connectivity index (χ2v) is 5.31. The number of hydrogen-bond acceptors (Lipinski definition) is 4. The molecule has 0 aromatic heterocycles. The predicted octanol–water partition coefficient (Wildman–Crippen LogP) is 3.37. The molecule has 0 aliphatic heterocycles. The SMILES string of the molecule is CCOC(=O)c1ccccc1NC(=O)NCCOc1cccc(C)c1. The highest BCUT2D eigenvalue weighted by Crippen LogP contribution is 2.16. The Kier molecular flexibility index (Phi) is 6.83. The standard InChI is InChI=1S/C19H22N2O4/c1-3-24-18(22)16-9-4-5-10-17(16)21-19(23)20-11-12-25-15-8-6-7-14(2)13-15/h4-10,13H,3,11-12H2,1-2H3,(H2,20,21,23). The molecule has 0 unspecified atom stereocenters. The van der Waals surface area contributed by atoms with E-state index in [4.69, 9.17) is 9.47 Å². The van der Waals surface area contributed by atoms with Crippen LogP contribution >= 0.6 is 0 Å². The summed E-state index contributed by atoms with van der Waals surface area (Å²) < 4.78 is 10.5. The first-order valence-electron chi connectivity index (χ1n) is 8.10. The topological polar surface area (TPSA) is 76.7 Å². The summed E-state index contributed by atoms with van der Waals surface area (Å²) in [4.78, 5) is 23.9. The number of esters is 1. The first-order chi connectivity index (χ1) is 12.1. The first kappa shape index (κ1) is 18.3. The minimum atomic E-state index is -0.471. The van der Waals surface area contributed by atoms with Crippen LogP contribution in [0.2, 0.25) is 0 Å². The van der Waals surface area contributed by atoms with E-state index in [-0.39, 0.29) is 6.61 Å². The molecule has 2 amide bonds. The molecule has 0 bridgehead atoms. The van der Waals surface area contributed by atoms with Gasteiger partial charge in [0.1, 0.15) is 12.4 Å². The second kappa shape index (κ2) is 9.32. The van der Waals surface area contributed by atoms with Crippen LogP contribution in [0, 0.1) is 6.92 Å². The van der Waals surface area contributed by atoms with E-state index < -0.39 is 12.0 Å². The van der Waals surface area contributed by atoms with Crippen LogP contribution in [-0.2, 0) is 4.74 Å². The van der Waals surface area contributed by atoms with Gasteiger partial charge in [-0.05, 0) is 43.7 Å². The predicted molar refractivity (Wildman–Crippen MR) is 96.1 cm³/mol. The summed E-state index contributed by atoms with van der Waals surface area (Å²) >= 11 is 0. The first-order valence-corrected chi connectivity index (χ1v) is 8.10. The Morgan fingerprint density at radius 2 is 1.88 bits per heavy atom. The van der Waals surface area contributed by atoms with Gasteiger partial charge in [0.05, 0.1) is 24.4 Å². The number of amides is 2. The van der Waals surface area contributed by atoms with Gasteiger partial charge in [-0.15, -0.1) is 0 Å². The Morgan fingerprint density at radius 3 is 2.64 bits per heavy atom. The highest BCUT2D eigenvalue weighted by Gasteiger charge is 2.13. The summed E-state index contributed by atoms with van der Waals surface area (Å²) in [6, 6.07) is 14.0. The molecular formula is C19H22N2O4. The zero-order valence-corrected chi connectivity index (χ0v) is 14.4. The van der Waals surface area contributed by atoms with Crippen molar-refractivity contribution in [2.45, 2.75) is 13.8 Å². The maximum absolute atomic E-state index is 12.0. The van der Waals surface area contributed by atoms with Crippen molar-refractivity contribution in [3.05, 3.63) is 59.7 Å². The van der Waals surface area contributed by atoms with E-state index in [0.717, 1.165) is 11.3 Å². The number of ether oxygens (including phenoxy) is 2. The normalized spacial score (nSPS) is 10.0. The summed E-state index contributed by atoms with van der Waals surface area (Å²) in [5.74, 6) is 0.288. The molecule has 6 heteroatoms. The third kappa shape index (κ3) is 5.84. The maximum Gasteiger partial charge on any atom is 0.340 e. The third-order valence-electron chi connectivity index (χ3n) is 3.32. The fraction of sp³-hybridized carbons (Fsp3) is 0.263. The molecule has 0 radical (unpaired) electrons. The van der Waals surface area contributed by atoms with Crippen molar-refractivity contribution in [1.82, 2.24) is 5.32 Å². The summed E-state index contributed by atoms with van der Waals surface area (Å²) in [6.07, 6.45) is 0. The molecule has 0 saturated carbocycles. The highest BCUT2D eigenvalue weighted by molar-refractivity contribution is 6.00. The van der Waals surface area contributed by atoms with Crippen LogP contribution in [0.3, 0.4) is 0 Å². The van der Waals surface area contributed by atoms with Gasteiger partial charge in [-0.25, -0.2) is 9.59 Å². The third-order valence-corrected chi connectivity index (χ3v) is 3.32. The monoisotopic (exact) mass is 342 g/mol. The minimum absolute atomic E-state index is 0.273. The van der Waals surface area contributed by atoms with Crippen LogP contribution in [0.5, 0.6) is 5.75 Å². The molecule has 2 aromatic rings. The molecule has 2 N–H and O–H groups in total. The van der Waals surface area contributed by atoms with Crippen LogP contribution in [0.25, 0.3) is 0 Å². The summed E-state index contributed by atoms with van der Waals surface area (Å²) in [5, 5.41) is 5.34. The van der Waals surface area contributed by atoms with Gasteiger partial charge in [0.2, 0.25) is 0 Å². The van der Waals surface area contributed by atoms with Gasteiger partial charge < -0.3 is 20.1 Å². The van der Waals surface area contributed by atoms with E-state index in [2.05, 4.69) is 10.6 Å². The number of urea groups is 1. The summed E-state index contributed by atoms with van der Waals surface area (Å²) in [7, 11) is 0. The Morgan fingerprint density at radius 1 is 1.08 bits per heavy atom. The number of carbonyl (C=O) groups is 2. The number of benzene rings is 2. The quantitative estimate of drug-likeness (QED) is 0.597. The number of para-hydroxylation sites is 1. The zero-order valence-electron chi connectivity index (χ0n) is 14.4. The van der Waals surface area contributed by atoms with Crippen molar-refractivity contribution in [3.63, 3.8) is 0 Å². The van der Waals surface area contributed by atoms with Crippen molar-refractivity contribution < 1.29 is 19.1 Å². The molecule has 25 heavy (non-hydrogen) atoms. The molecule has 132 valence electrons. The lowest BCUT2D eigenvalue weighted by atomic mass is 10.2. The number of aryl methyl sites for hydroxylation is 1. The van der Waals surface area contributed by atoms with Crippen LogP contribution in [-0.4, -0.2) is 31.8 Å². The molecule has 0 atom stereocenters. The Bertz CT molecular complexity index is 731. The lowest BCUT2D eigenvalue weighted by Crippen LogP contribution is -2.32. The number of rotatable bonds is 7. The average molecular weight is 342 g/mol. The molecular weight excluding hydrogens is 320 g/mol.